The Hall–Kier alpha value is -8.25. The number of Topliss-reactive ketones (excluding diaryl/α,β-unsaturated/α-hetero) is 2. The quantitative estimate of drug-likeness (QED) is 0.0409. The van der Waals surface area contributed by atoms with E-state index < -0.39 is 18.0 Å². The molecule has 5 aromatic carbocycles. The predicted octanol–water partition coefficient (Wildman–Crippen LogP) is 14.3. The second kappa shape index (κ2) is 28.8. The Morgan fingerprint density at radius 3 is 1.24 bits per heavy atom. The van der Waals surface area contributed by atoms with E-state index in [0.717, 1.165) is 68.9 Å². The zero-order valence-electron chi connectivity index (χ0n) is 49.1. The summed E-state index contributed by atoms with van der Waals surface area (Å²) in [4.78, 5) is 64.7. The molecule has 84 heavy (non-hydrogen) atoms. The zero-order valence-corrected chi connectivity index (χ0v) is 51.5. The average Bonchev–Trinajstić information content (AvgIpc) is 4.44. The molecule has 5 atom stereocenters. The molecule has 0 amide bonds. The third-order valence-corrected chi connectivity index (χ3v) is 16.4. The highest BCUT2D eigenvalue weighted by molar-refractivity contribution is 9.09. The van der Waals surface area contributed by atoms with Crippen LogP contribution in [0, 0.1) is 45.4 Å². The lowest BCUT2D eigenvalue weighted by molar-refractivity contribution is -0.141. The number of alkyl halides is 1. The summed E-state index contributed by atoms with van der Waals surface area (Å²) < 4.78 is 0. The standard InChI is InChI=1S/C15H17N3S.C14H16BrNO.C14H17NO.C13H15NO2.C11H12N2O3/c1-9-3-4-13-12(5-9)11(7-17-13)6-10(2)14-8-19-15(16)18-14;1-9-3-4-13-12(5-9)11(8-16-13)6-10(2)14(17)7-15;1-9-4-5-14-13(6-9)12(8-15-14)7-10(2)11(3)16;1-8-3-4-12-11(5-8)10(7-14-12)6-9(2)13(15)16;12-9(11(15)16)3-6-5-13-10-2-1-7(14)4-8(6)10/h3-5,7-8,10,17H,6H2,1-2H3,(H2,16,18);3-5,8,10,16H,6-7H2,1-2H3;4-6,8,10,15H,7H2,1-3H3;3-5,7,9,14H,6H2,1-2H3,(H,15,16);1-2,4-5,9,13-14H,3,12H2,(H,15,16)/t3*10-;2*9-/m00000/s1. The summed E-state index contributed by atoms with van der Waals surface area (Å²) in [5.74, 6) is -0.927. The van der Waals surface area contributed by atoms with Crippen LogP contribution in [0.15, 0.2) is 127 Å². The van der Waals surface area contributed by atoms with Gasteiger partial charge in [0.2, 0.25) is 0 Å². The van der Waals surface area contributed by atoms with Gasteiger partial charge in [0.25, 0.3) is 0 Å². The van der Waals surface area contributed by atoms with Crippen LogP contribution in [0.5, 0.6) is 5.75 Å². The second-order valence-corrected chi connectivity index (χ2v) is 23.7. The number of H-pyrrole nitrogens is 5. The van der Waals surface area contributed by atoms with E-state index in [1.54, 1.807) is 38.2 Å². The van der Waals surface area contributed by atoms with Crippen molar-refractivity contribution in [2.75, 3.05) is 11.1 Å². The number of nitrogens with one attached hydrogen (secondary N) is 5. The van der Waals surface area contributed by atoms with Crippen molar-refractivity contribution in [1.82, 2.24) is 29.9 Å². The van der Waals surface area contributed by atoms with Crippen LogP contribution in [0.1, 0.15) is 96.3 Å². The van der Waals surface area contributed by atoms with Gasteiger partial charge in [-0.1, -0.05) is 90.1 Å². The zero-order chi connectivity index (χ0) is 60.9. The number of aliphatic carboxylic acids is 2. The summed E-state index contributed by atoms with van der Waals surface area (Å²) in [7, 11) is 0. The third-order valence-electron chi connectivity index (χ3n) is 15.1. The maximum absolute atomic E-state index is 11.6. The van der Waals surface area contributed by atoms with Gasteiger partial charge in [-0.25, -0.2) is 4.98 Å². The molecule has 0 saturated carbocycles. The number of benzene rings is 5. The SMILES string of the molecule is CC(=O)[C@@H](C)Cc1c[nH]c2ccc(C)cc12.Cc1ccc2[nH]cc(C[C@H](C)C(=O)CBr)c2c1.Cc1ccc2[nH]cc(C[C@H](C)C(=O)O)c2c1.Cc1ccc2[nH]cc(C[C@H](C)c3csc(N)n3)c2c1.N[C@@H](Cc1c[nH]c2ccc(O)cc12)C(=O)O. The molecule has 0 unspecified atom stereocenters. The number of aromatic hydroxyl groups is 1. The lowest BCUT2D eigenvalue weighted by Crippen LogP contribution is -2.32. The minimum absolute atomic E-state index is 0.0638. The molecule has 0 saturated heterocycles. The fourth-order valence-corrected chi connectivity index (χ4v) is 11.2. The molecule has 17 heteroatoms. The maximum Gasteiger partial charge on any atom is 0.320 e. The molecule has 0 aliphatic heterocycles. The lowest BCUT2D eigenvalue weighted by Gasteiger charge is -2.07. The van der Waals surface area contributed by atoms with Crippen LogP contribution in [0.4, 0.5) is 5.13 Å². The Kier molecular flexibility index (Phi) is 21.7. The van der Waals surface area contributed by atoms with Gasteiger partial charge in [0, 0.05) is 115 Å². The van der Waals surface area contributed by atoms with E-state index in [-0.39, 0.29) is 41.5 Å². The number of phenolic OH excluding ortho intramolecular Hbond substituents is 1. The fourth-order valence-electron chi connectivity index (χ4n) is 9.93. The summed E-state index contributed by atoms with van der Waals surface area (Å²) in [6.07, 6.45) is 13.2. The molecule has 0 spiro atoms. The Labute approximate surface area is 501 Å². The van der Waals surface area contributed by atoms with Crippen LogP contribution in [-0.4, -0.2) is 80.1 Å². The van der Waals surface area contributed by atoms with Crippen molar-refractivity contribution >= 4 is 110 Å². The van der Waals surface area contributed by atoms with Gasteiger partial charge >= 0.3 is 11.9 Å². The molecule has 0 aliphatic rings. The number of fused-ring (bicyclic) bond motifs is 5. The number of phenols is 1. The first kappa shape index (κ1) is 63.3. The smallest absolute Gasteiger partial charge is 0.320 e. The first-order chi connectivity index (χ1) is 40.0. The number of carboxylic acids is 2. The lowest BCUT2D eigenvalue weighted by atomic mass is 9.97. The van der Waals surface area contributed by atoms with Crippen molar-refractivity contribution in [2.24, 2.45) is 23.5 Å². The average molecular weight is 1220 g/mol. The number of carbonyl (C=O) groups excluding carboxylic acids is 2. The molecule has 0 fully saturated rings. The molecule has 11 rings (SSSR count). The topological polar surface area (TPSA) is 273 Å². The summed E-state index contributed by atoms with van der Waals surface area (Å²) in [5.41, 5.74) is 28.3. The fraction of sp³-hybridized carbons (Fsp3) is 0.299. The van der Waals surface area contributed by atoms with E-state index in [0.29, 0.717) is 22.8 Å². The Morgan fingerprint density at radius 1 is 0.524 bits per heavy atom. The van der Waals surface area contributed by atoms with Crippen molar-refractivity contribution in [3.63, 3.8) is 0 Å². The van der Waals surface area contributed by atoms with Crippen molar-refractivity contribution in [3.8, 4) is 5.75 Å². The number of anilines is 1. The van der Waals surface area contributed by atoms with E-state index in [2.05, 4.69) is 146 Å². The van der Waals surface area contributed by atoms with Crippen LogP contribution < -0.4 is 11.5 Å². The number of carbonyl (C=O) groups is 4. The largest absolute Gasteiger partial charge is 0.508 e. The molecule has 6 aromatic heterocycles. The number of nitrogens with two attached hydrogens (primary N) is 2. The first-order valence-corrected chi connectivity index (χ1v) is 30.0. The summed E-state index contributed by atoms with van der Waals surface area (Å²) in [6.45, 7) is 17.9. The van der Waals surface area contributed by atoms with Crippen LogP contribution in [0.25, 0.3) is 54.5 Å². The molecule has 440 valence electrons. The number of aromatic amines is 5. The highest BCUT2D eigenvalue weighted by atomic mass is 79.9. The van der Waals surface area contributed by atoms with Crippen molar-refractivity contribution in [2.45, 2.75) is 106 Å². The van der Waals surface area contributed by atoms with Gasteiger partial charge in [0.1, 0.15) is 23.4 Å². The monoisotopic (exact) mass is 1220 g/mol. The molecular weight excluding hydrogens is 1140 g/mol. The minimum Gasteiger partial charge on any atom is -0.508 e. The normalized spacial score (nSPS) is 12.9. The molecular formula is C67H77BrN8O7S. The number of aryl methyl sites for hydroxylation is 4. The highest BCUT2D eigenvalue weighted by Crippen LogP contribution is 2.30. The van der Waals surface area contributed by atoms with E-state index in [9.17, 15) is 24.3 Å². The highest BCUT2D eigenvalue weighted by Gasteiger charge is 2.18. The van der Waals surface area contributed by atoms with Gasteiger partial charge in [-0.3, -0.25) is 19.2 Å². The number of halogens is 1. The van der Waals surface area contributed by atoms with Crippen LogP contribution in [-0.2, 0) is 51.3 Å². The van der Waals surface area contributed by atoms with Gasteiger partial charge in [0.15, 0.2) is 5.13 Å². The Balaban J connectivity index is 0.000000151. The number of nitrogen functional groups attached to an aromatic ring is 1. The molecule has 15 nitrogen and oxygen atoms in total. The number of aromatic nitrogens is 6. The summed E-state index contributed by atoms with van der Waals surface area (Å²) in [6, 6.07) is 29.4. The van der Waals surface area contributed by atoms with Crippen molar-refractivity contribution < 1.29 is 34.5 Å². The van der Waals surface area contributed by atoms with E-state index in [4.69, 9.17) is 21.7 Å². The Morgan fingerprint density at radius 2 is 0.881 bits per heavy atom. The van der Waals surface area contributed by atoms with E-state index >= 15 is 0 Å². The second-order valence-electron chi connectivity index (χ2n) is 22.2. The summed E-state index contributed by atoms with van der Waals surface area (Å²) >= 11 is 4.73. The number of hydrogen-bond acceptors (Lipinski definition) is 9. The molecule has 0 radical (unpaired) electrons. The van der Waals surface area contributed by atoms with Crippen molar-refractivity contribution in [1.29, 1.82) is 0 Å². The number of thiazole rings is 1. The van der Waals surface area contributed by atoms with Crippen molar-refractivity contribution in [3.05, 3.63) is 183 Å². The van der Waals surface area contributed by atoms with Gasteiger partial charge < -0.3 is 51.7 Å². The molecule has 6 heterocycles. The van der Waals surface area contributed by atoms with Gasteiger partial charge in [-0.2, -0.15) is 0 Å². The minimum atomic E-state index is -1.03. The maximum atomic E-state index is 11.6. The molecule has 0 bridgehead atoms. The third kappa shape index (κ3) is 16.7. The van der Waals surface area contributed by atoms with Gasteiger partial charge in [-0.05, 0) is 155 Å². The molecule has 12 N–H and O–H groups in total. The van der Waals surface area contributed by atoms with Gasteiger partial charge in [0.05, 0.1) is 16.9 Å². The molecule has 11 aromatic rings. The number of hydrogen-bond donors (Lipinski definition) is 10. The number of carboxylic acid groups (broad SMARTS) is 2. The van der Waals surface area contributed by atoms with Gasteiger partial charge in [-0.15, -0.1) is 11.3 Å². The number of rotatable bonds is 16. The predicted molar refractivity (Wildman–Crippen MR) is 346 cm³/mol. The van der Waals surface area contributed by atoms with E-state index in [1.807, 2.05) is 51.5 Å². The van der Waals surface area contributed by atoms with Crippen LogP contribution in [0.2, 0.25) is 0 Å². The van der Waals surface area contributed by atoms with Crippen LogP contribution in [0.3, 0.4) is 0 Å². The van der Waals surface area contributed by atoms with E-state index in [1.165, 1.54) is 72.0 Å². The Bertz CT molecular complexity index is 3820. The van der Waals surface area contributed by atoms with Crippen LogP contribution >= 0.6 is 27.3 Å². The summed E-state index contributed by atoms with van der Waals surface area (Å²) in [5, 5.41) is 35.8. The number of ketones is 2. The number of nitrogens with zero attached hydrogens (tertiary/aromatic N) is 1. The molecule has 0 aliphatic carbocycles. The first-order valence-electron chi connectivity index (χ1n) is 28.0.